The van der Waals surface area contributed by atoms with E-state index in [-0.39, 0.29) is 6.15 Å². The van der Waals surface area contributed by atoms with Crippen molar-refractivity contribution in [3.63, 3.8) is 0 Å². The van der Waals surface area contributed by atoms with Crippen molar-refractivity contribution in [2.75, 3.05) is 0 Å². The standard InChI is InChI=1S/C14H10BrN3S.CO2/c15-12-5-1-10(2-6-12)11-3-7-13(8-4-11)19-14-9-16-18-17-14;2-1-3/h1-9H,(H,16,17,18);. The van der Waals surface area contributed by atoms with Crippen LogP contribution < -0.4 is 0 Å². The third-order valence-electron chi connectivity index (χ3n) is 2.65. The predicted molar refractivity (Wildman–Crippen MR) is 85.1 cm³/mol. The monoisotopic (exact) mass is 375 g/mol. The quantitative estimate of drug-likeness (QED) is 0.753. The van der Waals surface area contributed by atoms with Gasteiger partial charge in [-0.1, -0.05) is 52.0 Å². The number of rotatable bonds is 3. The highest BCUT2D eigenvalue weighted by Crippen LogP contribution is 2.28. The van der Waals surface area contributed by atoms with Crippen molar-refractivity contribution in [1.82, 2.24) is 15.4 Å². The number of benzene rings is 2. The van der Waals surface area contributed by atoms with Crippen LogP contribution in [0.1, 0.15) is 0 Å². The van der Waals surface area contributed by atoms with Crippen LogP contribution in [-0.2, 0) is 9.59 Å². The van der Waals surface area contributed by atoms with Crippen LogP contribution >= 0.6 is 27.7 Å². The largest absolute Gasteiger partial charge is 0.373 e. The normalized spacial score (nSPS) is 9.50. The van der Waals surface area contributed by atoms with Gasteiger partial charge >= 0.3 is 6.15 Å². The van der Waals surface area contributed by atoms with E-state index >= 15 is 0 Å². The van der Waals surface area contributed by atoms with Gasteiger partial charge in [-0.05, 0) is 35.4 Å². The maximum atomic E-state index is 8.12. The molecule has 0 radical (unpaired) electrons. The number of nitrogens with zero attached hydrogens (tertiary/aromatic N) is 2. The molecule has 0 bridgehead atoms. The van der Waals surface area contributed by atoms with E-state index in [1.165, 1.54) is 11.1 Å². The third kappa shape index (κ3) is 4.66. The molecule has 2 aromatic carbocycles. The first kappa shape index (κ1) is 16.2. The molecule has 1 heterocycles. The highest BCUT2D eigenvalue weighted by molar-refractivity contribution is 9.10. The van der Waals surface area contributed by atoms with Gasteiger partial charge in [0, 0.05) is 9.37 Å². The molecule has 0 amide bonds. The lowest BCUT2D eigenvalue weighted by Crippen LogP contribution is -1.78. The van der Waals surface area contributed by atoms with Gasteiger partial charge in [0.25, 0.3) is 0 Å². The second-order valence-electron chi connectivity index (χ2n) is 4.02. The molecule has 0 aliphatic carbocycles. The molecular weight excluding hydrogens is 366 g/mol. The smallest absolute Gasteiger partial charge is 0.197 e. The zero-order chi connectivity index (χ0) is 15.8. The molecule has 5 nitrogen and oxygen atoms in total. The molecule has 22 heavy (non-hydrogen) atoms. The molecule has 0 saturated heterocycles. The van der Waals surface area contributed by atoms with Crippen LogP contribution in [0.25, 0.3) is 11.1 Å². The average Bonchev–Trinajstić information content (AvgIpc) is 3.03. The van der Waals surface area contributed by atoms with E-state index in [0.717, 1.165) is 14.4 Å². The molecule has 0 fully saturated rings. The molecular formula is C15H10BrN3O2S. The van der Waals surface area contributed by atoms with Gasteiger partial charge in [0.1, 0.15) is 5.03 Å². The first-order chi connectivity index (χ1) is 10.7. The van der Waals surface area contributed by atoms with E-state index in [0.29, 0.717) is 0 Å². The van der Waals surface area contributed by atoms with Crippen molar-refractivity contribution in [3.05, 3.63) is 59.2 Å². The maximum absolute atomic E-state index is 8.12. The minimum absolute atomic E-state index is 0.250. The molecule has 3 rings (SSSR count). The van der Waals surface area contributed by atoms with Crippen LogP contribution in [0.2, 0.25) is 0 Å². The Hall–Kier alpha value is -2.21. The molecule has 110 valence electrons. The van der Waals surface area contributed by atoms with Crippen molar-refractivity contribution in [3.8, 4) is 11.1 Å². The van der Waals surface area contributed by atoms with Crippen LogP contribution in [0.15, 0.2) is 69.1 Å². The van der Waals surface area contributed by atoms with E-state index in [2.05, 4.69) is 67.7 Å². The fourth-order valence-electron chi connectivity index (χ4n) is 1.72. The van der Waals surface area contributed by atoms with Gasteiger partial charge in [-0.15, -0.1) is 5.10 Å². The Bertz CT molecular complexity index is 737. The molecule has 0 saturated carbocycles. The van der Waals surface area contributed by atoms with Gasteiger partial charge in [0.2, 0.25) is 0 Å². The Labute approximate surface area is 139 Å². The Morgan fingerprint density at radius 1 is 0.955 bits per heavy atom. The zero-order valence-corrected chi connectivity index (χ0v) is 13.6. The van der Waals surface area contributed by atoms with Gasteiger partial charge in [-0.3, -0.25) is 0 Å². The van der Waals surface area contributed by atoms with Crippen LogP contribution in [0, 0.1) is 0 Å². The van der Waals surface area contributed by atoms with Gasteiger partial charge in [-0.2, -0.15) is 19.9 Å². The summed E-state index contributed by atoms with van der Waals surface area (Å²) in [7, 11) is 0. The van der Waals surface area contributed by atoms with Crippen LogP contribution in [0.4, 0.5) is 0 Å². The van der Waals surface area contributed by atoms with E-state index in [1.54, 1.807) is 18.0 Å². The summed E-state index contributed by atoms with van der Waals surface area (Å²) in [5.74, 6) is 0. The third-order valence-corrected chi connectivity index (χ3v) is 4.09. The second-order valence-corrected chi connectivity index (χ2v) is 6.03. The molecule has 3 aromatic rings. The predicted octanol–water partition coefficient (Wildman–Crippen LogP) is 3.80. The number of carbonyl (C=O) groups excluding carboxylic acids is 2. The van der Waals surface area contributed by atoms with Crippen molar-refractivity contribution in [1.29, 1.82) is 0 Å². The Morgan fingerprint density at radius 2 is 1.50 bits per heavy atom. The average molecular weight is 376 g/mol. The fraction of sp³-hybridized carbons (Fsp3) is 0. The zero-order valence-electron chi connectivity index (χ0n) is 11.2. The molecule has 0 aliphatic rings. The van der Waals surface area contributed by atoms with Crippen molar-refractivity contribution < 1.29 is 9.59 Å². The summed E-state index contributed by atoms with van der Waals surface area (Å²) in [5.41, 5.74) is 2.41. The Balaban J connectivity index is 0.000000545. The lowest BCUT2D eigenvalue weighted by molar-refractivity contribution is -0.191. The highest BCUT2D eigenvalue weighted by atomic mass is 79.9. The van der Waals surface area contributed by atoms with E-state index in [9.17, 15) is 0 Å². The lowest BCUT2D eigenvalue weighted by Gasteiger charge is -2.03. The van der Waals surface area contributed by atoms with Crippen LogP contribution in [0.3, 0.4) is 0 Å². The summed E-state index contributed by atoms with van der Waals surface area (Å²) >= 11 is 5.03. The van der Waals surface area contributed by atoms with Crippen molar-refractivity contribution in [2.24, 2.45) is 0 Å². The number of nitrogens with one attached hydrogen (secondary N) is 1. The molecule has 0 aliphatic heterocycles. The molecule has 1 aromatic heterocycles. The number of H-pyrrole nitrogens is 1. The SMILES string of the molecule is Brc1ccc(-c2ccc(Sc3cn[nH]n3)cc2)cc1.O=C=O. The topological polar surface area (TPSA) is 75.7 Å². The first-order valence-corrected chi connectivity index (χ1v) is 7.73. The van der Waals surface area contributed by atoms with Gasteiger partial charge in [0.15, 0.2) is 0 Å². The first-order valence-electron chi connectivity index (χ1n) is 6.12. The fourth-order valence-corrected chi connectivity index (χ4v) is 2.69. The Kier molecular flexibility index (Phi) is 6.09. The summed E-state index contributed by atoms with van der Waals surface area (Å²) < 4.78 is 1.09. The van der Waals surface area contributed by atoms with Gasteiger partial charge in [-0.25, -0.2) is 0 Å². The lowest BCUT2D eigenvalue weighted by atomic mass is 10.1. The van der Waals surface area contributed by atoms with Gasteiger partial charge < -0.3 is 0 Å². The summed E-state index contributed by atoms with van der Waals surface area (Å²) in [5, 5.41) is 11.3. The molecule has 0 spiro atoms. The second kappa shape index (κ2) is 8.29. The molecule has 7 heteroatoms. The van der Waals surface area contributed by atoms with E-state index in [1.807, 2.05) is 12.1 Å². The number of halogens is 1. The van der Waals surface area contributed by atoms with E-state index in [4.69, 9.17) is 9.59 Å². The van der Waals surface area contributed by atoms with Crippen LogP contribution in [-0.4, -0.2) is 21.6 Å². The van der Waals surface area contributed by atoms with E-state index < -0.39 is 0 Å². The molecule has 1 N–H and O–H groups in total. The highest BCUT2D eigenvalue weighted by Gasteiger charge is 2.01. The molecule has 0 atom stereocenters. The van der Waals surface area contributed by atoms with Gasteiger partial charge in [0.05, 0.1) is 6.20 Å². The summed E-state index contributed by atoms with van der Waals surface area (Å²) in [6.45, 7) is 0. The molecule has 0 unspecified atom stereocenters. The maximum Gasteiger partial charge on any atom is 0.373 e. The number of hydrogen-bond donors (Lipinski definition) is 1. The van der Waals surface area contributed by atoms with Crippen molar-refractivity contribution >= 4 is 33.8 Å². The summed E-state index contributed by atoms with van der Waals surface area (Å²) in [6, 6.07) is 16.7. The number of hydrogen-bond acceptors (Lipinski definition) is 5. The van der Waals surface area contributed by atoms with Crippen LogP contribution in [0.5, 0.6) is 0 Å². The summed E-state index contributed by atoms with van der Waals surface area (Å²) in [6.07, 6.45) is 1.97. The Morgan fingerprint density at radius 3 is 2.00 bits per heavy atom. The minimum atomic E-state index is 0.250. The van der Waals surface area contributed by atoms with Crippen molar-refractivity contribution in [2.45, 2.75) is 9.92 Å². The number of aromatic nitrogens is 3. The summed E-state index contributed by atoms with van der Waals surface area (Å²) in [4.78, 5) is 17.4. The number of aromatic amines is 1. The minimum Gasteiger partial charge on any atom is -0.197 e.